The van der Waals surface area contributed by atoms with Gasteiger partial charge >= 0.3 is 0 Å². The molecule has 0 aromatic heterocycles. The third kappa shape index (κ3) is 4.19. The number of hydrogen-bond acceptors (Lipinski definition) is 5. The molecule has 1 aromatic carbocycles. The van der Waals surface area contributed by atoms with Gasteiger partial charge in [0.1, 0.15) is 0 Å². The second kappa shape index (κ2) is 7.66. The van der Waals surface area contributed by atoms with Crippen LogP contribution in [0.25, 0.3) is 0 Å². The zero-order chi connectivity index (χ0) is 18.0. The minimum Gasteiger partial charge on any atom is -0.371 e. The third-order valence-corrected chi connectivity index (χ3v) is 6.80. The Balaban J connectivity index is 1.56. The Morgan fingerprint density at radius 2 is 2.08 bits per heavy atom. The van der Waals surface area contributed by atoms with E-state index in [9.17, 15) is 4.79 Å². The summed E-state index contributed by atoms with van der Waals surface area (Å²) >= 11 is 1.62. The van der Waals surface area contributed by atoms with E-state index < -0.39 is 6.04 Å². The molecule has 4 atom stereocenters. The number of fused-ring (bicyclic) bond motifs is 1. The first-order valence-electron chi connectivity index (χ1n) is 8.92. The lowest BCUT2D eigenvalue weighted by molar-refractivity contribution is -0.123. The van der Waals surface area contributed by atoms with Gasteiger partial charge in [-0.05, 0) is 32.1 Å². The fraction of sp³-hybridized carbons (Fsp3) is 0.632. The molecule has 1 amide bonds. The molecule has 0 unspecified atom stereocenters. The van der Waals surface area contributed by atoms with Crippen LogP contribution in [-0.2, 0) is 9.53 Å². The van der Waals surface area contributed by atoms with Crippen molar-refractivity contribution in [1.29, 1.82) is 0 Å². The summed E-state index contributed by atoms with van der Waals surface area (Å²) in [6.07, 6.45) is 3.04. The number of carbonyl (C=O) groups is 1. The Kier molecular flexibility index (Phi) is 5.73. The number of nitrogens with two attached hydrogens (primary N) is 1. The van der Waals surface area contributed by atoms with Gasteiger partial charge < -0.3 is 15.8 Å². The molecule has 2 aliphatic heterocycles. The molecule has 0 spiro atoms. The topological polar surface area (TPSA) is 67.6 Å². The lowest BCUT2D eigenvalue weighted by Gasteiger charge is -2.35. The molecule has 2 saturated heterocycles. The van der Waals surface area contributed by atoms with Crippen LogP contribution in [0.2, 0.25) is 0 Å². The van der Waals surface area contributed by atoms with Crippen LogP contribution in [0.4, 0.5) is 0 Å². The summed E-state index contributed by atoms with van der Waals surface area (Å²) < 4.78 is 5.80. The minimum absolute atomic E-state index is 0.0512. The predicted octanol–water partition coefficient (Wildman–Crippen LogP) is 1.79. The summed E-state index contributed by atoms with van der Waals surface area (Å²) in [4.78, 5) is 14.9. The van der Waals surface area contributed by atoms with Gasteiger partial charge in [0.15, 0.2) is 0 Å². The van der Waals surface area contributed by atoms with E-state index in [-0.39, 0.29) is 22.8 Å². The van der Waals surface area contributed by atoms with E-state index in [1.807, 2.05) is 38.3 Å². The Morgan fingerprint density at radius 1 is 1.36 bits per heavy atom. The van der Waals surface area contributed by atoms with Crippen molar-refractivity contribution in [2.75, 3.05) is 26.0 Å². The molecule has 0 aliphatic carbocycles. The smallest absolute Gasteiger partial charge is 0.238 e. The Bertz CT molecular complexity index is 596. The summed E-state index contributed by atoms with van der Waals surface area (Å²) in [5.41, 5.74) is 7.38. The van der Waals surface area contributed by atoms with E-state index >= 15 is 0 Å². The fourth-order valence-electron chi connectivity index (χ4n) is 3.58. The quantitative estimate of drug-likeness (QED) is 0.835. The van der Waals surface area contributed by atoms with Gasteiger partial charge in [0.25, 0.3) is 0 Å². The van der Waals surface area contributed by atoms with Gasteiger partial charge in [-0.3, -0.25) is 9.69 Å². The number of benzene rings is 1. The maximum atomic E-state index is 12.5. The summed E-state index contributed by atoms with van der Waals surface area (Å²) in [6.45, 7) is 6.49. The van der Waals surface area contributed by atoms with Crippen LogP contribution in [0.15, 0.2) is 30.3 Å². The maximum Gasteiger partial charge on any atom is 0.238 e. The van der Waals surface area contributed by atoms with Crippen molar-refractivity contribution >= 4 is 17.7 Å². The summed E-state index contributed by atoms with van der Waals surface area (Å²) in [5.74, 6) is -0.0512. The lowest BCUT2D eigenvalue weighted by Crippen LogP contribution is -2.54. The van der Waals surface area contributed by atoms with Gasteiger partial charge in [0.05, 0.1) is 18.8 Å². The normalized spacial score (nSPS) is 28.4. The molecule has 138 valence electrons. The largest absolute Gasteiger partial charge is 0.371 e. The van der Waals surface area contributed by atoms with Crippen molar-refractivity contribution in [3.8, 4) is 0 Å². The van der Waals surface area contributed by atoms with Gasteiger partial charge in [0.2, 0.25) is 5.91 Å². The molecule has 0 radical (unpaired) electrons. The number of morpholine rings is 1. The van der Waals surface area contributed by atoms with E-state index in [4.69, 9.17) is 10.5 Å². The highest BCUT2D eigenvalue weighted by Crippen LogP contribution is 2.30. The number of amides is 1. The van der Waals surface area contributed by atoms with Crippen molar-refractivity contribution in [2.24, 2.45) is 5.73 Å². The van der Waals surface area contributed by atoms with Gasteiger partial charge in [-0.25, -0.2) is 0 Å². The molecule has 5 nitrogen and oxygen atoms in total. The average molecular weight is 364 g/mol. The van der Waals surface area contributed by atoms with Gasteiger partial charge in [-0.15, -0.1) is 0 Å². The molecule has 6 heteroatoms. The molecular formula is C19H29N3O2S. The molecule has 2 heterocycles. The van der Waals surface area contributed by atoms with Gasteiger partial charge in [-0.2, -0.15) is 11.8 Å². The predicted molar refractivity (Wildman–Crippen MR) is 103 cm³/mol. The van der Waals surface area contributed by atoms with Crippen LogP contribution >= 0.6 is 11.8 Å². The summed E-state index contributed by atoms with van der Waals surface area (Å²) in [7, 11) is 0. The first-order valence-corrected chi connectivity index (χ1v) is 10.1. The van der Waals surface area contributed by atoms with Crippen LogP contribution in [0.1, 0.15) is 31.9 Å². The number of rotatable bonds is 5. The second-order valence-electron chi connectivity index (χ2n) is 7.57. The van der Waals surface area contributed by atoms with Crippen LogP contribution in [-0.4, -0.2) is 59.6 Å². The number of nitrogens with one attached hydrogen (secondary N) is 1. The van der Waals surface area contributed by atoms with E-state index in [2.05, 4.69) is 22.3 Å². The van der Waals surface area contributed by atoms with Crippen LogP contribution in [0, 0.1) is 0 Å². The highest BCUT2D eigenvalue weighted by molar-refractivity contribution is 8.00. The number of carbonyl (C=O) groups excluding carboxylic acids is 1. The number of thioether (sulfide) groups is 1. The highest BCUT2D eigenvalue weighted by atomic mass is 32.2. The van der Waals surface area contributed by atoms with Crippen LogP contribution < -0.4 is 11.1 Å². The van der Waals surface area contributed by atoms with E-state index in [0.717, 1.165) is 19.5 Å². The Morgan fingerprint density at radius 3 is 2.76 bits per heavy atom. The molecule has 25 heavy (non-hydrogen) atoms. The Labute approximate surface area is 154 Å². The maximum absolute atomic E-state index is 12.5. The zero-order valence-corrected chi connectivity index (χ0v) is 16.1. The molecule has 0 saturated carbocycles. The average Bonchev–Trinajstić information content (AvgIpc) is 3.02. The van der Waals surface area contributed by atoms with Crippen molar-refractivity contribution in [2.45, 2.75) is 49.2 Å². The first kappa shape index (κ1) is 18.7. The molecular weight excluding hydrogens is 334 g/mol. The zero-order valence-electron chi connectivity index (χ0n) is 15.3. The molecule has 3 rings (SSSR count). The number of ether oxygens (including phenoxy) is 1. The molecule has 2 fully saturated rings. The lowest BCUT2D eigenvalue weighted by atomic mass is 10.0. The monoisotopic (exact) mass is 363 g/mol. The van der Waals surface area contributed by atoms with Crippen molar-refractivity contribution in [1.82, 2.24) is 10.2 Å². The van der Waals surface area contributed by atoms with Crippen LogP contribution in [0.5, 0.6) is 0 Å². The van der Waals surface area contributed by atoms with Crippen molar-refractivity contribution < 1.29 is 9.53 Å². The van der Waals surface area contributed by atoms with E-state index in [1.165, 1.54) is 5.56 Å². The third-order valence-electron chi connectivity index (χ3n) is 5.49. The summed E-state index contributed by atoms with van der Waals surface area (Å²) in [6, 6.07) is 10.4. The van der Waals surface area contributed by atoms with Crippen LogP contribution in [0.3, 0.4) is 0 Å². The van der Waals surface area contributed by atoms with E-state index in [0.29, 0.717) is 12.6 Å². The highest BCUT2D eigenvalue weighted by Gasteiger charge is 2.40. The van der Waals surface area contributed by atoms with E-state index in [1.54, 1.807) is 11.8 Å². The fourth-order valence-corrected chi connectivity index (χ4v) is 3.94. The van der Waals surface area contributed by atoms with Gasteiger partial charge in [-0.1, -0.05) is 30.3 Å². The molecule has 1 aromatic rings. The Hall–Kier alpha value is -1.08. The molecule has 3 N–H and O–H groups in total. The second-order valence-corrected chi connectivity index (χ2v) is 9.03. The molecule has 0 bridgehead atoms. The summed E-state index contributed by atoms with van der Waals surface area (Å²) in [5, 5.41) is 3.16. The molecule has 2 aliphatic rings. The van der Waals surface area contributed by atoms with Crippen molar-refractivity contribution in [3.05, 3.63) is 35.9 Å². The van der Waals surface area contributed by atoms with Gasteiger partial charge in [0, 0.05) is 29.9 Å². The standard InChI is InChI=1S/C19H29N3O2S/c1-19(2,25-3)17(20)18(23)21-14-9-15-12-24-16(11-22(15)10-14)13-7-5-4-6-8-13/h4-8,14-17H,9-12,20H2,1-3H3,(H,21,23)/t14-,15-,16+,17+/m0/s1. The minimum atomic E-state index is -0.506. The van der Waals surface area contributed by atoms with Crippen molar-refractivity contribution in [3.63, 3.8) is 0 Å². The first-order chi connectivity index (χ1) is 11.9. The SMILES string of the molecule is CSC(C)(C)[C@H](N)C(=O)N[C@H]1C[C@H]2CO[C@@H](c3ccccc3)CN2C1. The number of hydrogen-bond donors (Lipinski definition) is 2. The number of nitrogens with zero attached hydrogens (tertiary/aromatic N) is 1.